The molecule has 23 heavy (non-hydrogen) atoms. The third-order valence-electron chi connectivity index (χ3n) is 3.09. The lowest BCUT2D eigenvalue weighted by Gasteiger charge is -2.09. The molecule has 0 aliphatic heterocycles. The summed E-state index contributed by atoms with van der Waals surface area (Å²) in [5, 5.41) is 11.8. The van der Waals surface area contributed by atoms with Gasteiger partial charge in [0.2, 0.25) is 10.0 Å². The second-order valence-corrected chi connectivity index (χ2v) is 6.86. The molecule has 0 radical (unpaired) electrons. The molecule has 2 aromatic rings. The summed E-state index contributed by atoms with van der Waals surface area (Å²) in [5.41, 5.74) is 1.80. The maximum Gasteiger partial charge on any atom is 0.232 e. The van der Waals surface area contributed by atoms with Crippen molar-refractivity contribution in [2.45, 2.75) is 19.8 Å². The molecular formula is C16H18N4O2S. The Morgan fingerprint density at radius 1 is 1.13 bits per heavy atom. The van der Waals surface area contributed by atoms with Gasteiger partial charge in [0.1, 0.15) is 11.9 Å². The molecule has 0 amide bonds. The first-order valence-electron chi connectivity index (χ1n) is 7.26. The van der Waals surface area contributed by atoms with Crippen LogP contribution in [0.1, 0.15) is 25.3 Å². The molecule has 120 valence electrons. The number of unbranched alkanes of at least 4 members (excludes halogenated alkanes) is 1. The molecule has 0 unspecified atom stereocenters. The summed E-state index contributed by atoms with van der Waals surface area (Å²) in [6.07, 6.45) is 2.96. The van der Waals surface area contributed by atoms with Gasteiger partial charge < -0.3 is 5.32 Å². The molecule has 0 fully saturated rings. The Labute approximate surface area is 136 Å². The van der Waals surface area contributed by atoms with Crippen LogP contribution in [-0.4, -0.2) is 19.2 Å². The Morgan fingerprint density at radius 2 is 1.83 bits per heavy atom. The fraction of sp³-hybridized carbons (Fsp3) is 0.250. The molecular weight excluding hydrogens is 312 g/mol. The average Bonchev–Trinajstić information content (AvgIpc) is 2.55. The van der Waals surface area contributed by atoms with E-state index in [-0.39, 0.29) is 5.75 Å². The molecule has 1 heterocycles. The molecule has 0 bridgehead atoms. The van der Waals surface area contributed by atoms with Crippen molar-refractivity contribution in [3.63, 3.8) is 0 Å². The average molecular weight is 330 g/mol. The SMILES string of the molecule is CCCCS(=O)(=O)Nc1ccc(Nc2ccc(C#N)cn2)cc1. The summed E-state index contributed by atoms with van der Waals surface area (Å²) in [6.45, 7) is 1.95. The maximum absolute atomic E-state index is 11.8. The zero-order valence-electron chi connectivity index (χ0n) is 12.8. The van der Waals surface area contributed by atoms with Crippen LogP contribution in [0.3, 0.4) is 0 Å². The quantitative estimate of drug-likeness (QED) is 0.812. The van der Waals surface area contributed by atoms with E-state index in [2.05, 4.69) is 15.0 Å². The normalized spacial score (nSPS) is 10.8. The minimum Gasteiger partial charge on any atom is -0.340 e. The summed E-state index contributed by atoms with van der Waals surface area (Å²) in [6, 6.07) is 12.3. The van der Waals surface area contributed by atoms with E-state index in [9.17, 15) is 8.42 Å². The van der Waals surface area contributed by atoms with Crippen molar-refractivity contribution in [1.29, 1.82) is 5.26 Å². The lowest BCUT2D eigenvalue weighted by atomic mass is 10.2. The number of aromatic nitrogens is 1. The van der Waals surface area contributed by atoms with Gasteiger partial charge in [-0.25, -0.2) is 13.4 Å². The number of nitrogens with zero attached hydrogens (tertiary/aromatic N) is 2. The van der Waals surface area contributed by atoms with Crippen molar-refractivity contribution in [1.82, 2.24) is 4.98 Å². The van der Waals surface area contributed by atoms with Crippen molar-refractivity contribution in [3.8, 4) is 6.07 Å². The highest BCUT2D eigenvalue weighted by Gasteiger charge is 2.09. The van der Waals surface area contributed by atoms with E-state index in [0.717, 1.165) is 12.1 Å². The van der Waals surface area contributed by atoms with Gasteiger partial charge in [0.25, 0.3) is 0 Å². The minimum absolute atomic E-state index is 0.124. The van der Waals surface area contributed by atoms with Gasteiger partial charge >= 0.3 is 0 Å². The van der Waals surface area contributed by atoms with Crippen molar-refractivity contribution in [3.05, 3.63) is 48.2 Å². The molecule has 0 aliphatic rings. The fourth-order valence-electron chi connectivity index (χ4n) is 1.87. The van der Waals surface area contributed by atoms with Crippen LogP contribution < -0.4 is 10.0 Å². The third-order valence-corrected chi connectivity index (χ3v) is 4.46. The van der Waals surface area contributed by atoms with E-state index in [1.165, 1.54) is 6.20 Å². The van der Waals surface area contributed by atoms with Gasteiger partial charge in [-0.05, 0) is 42.8 Å². The Hall–Kier alpha value is -2.59. The second-order valence-electron chi connectivity index (χ2n) is 5.02. The predicted molar refractivity (Wildman–Crippen MR) is 91.0 cm³/mol. The Kier molecular flexibility index (Phi) is 5.55. The summed E-state index contributed by atoms with van der Waals surface area (Å²) in [4.78, 5) is 4.12. The molecule has 2 N–H and O–H groups in total. The van der Waals surface area contributed by atoms with Gasteiger partial charge in [-0.2, -0.15) is 5.26 Å². The first-order chi connectivity index (χ1) is 11.0. The van der Waals surface area contributed by atoms with Crippen LogP contribution in [0.25, 0.3) is 0 Å². The molecule has 7 heteroatoms. The third kappa shape index (κ3) is 5.27. The van der Waals surface area contributed by atoms with Crippen LogP contribution in [0.4, 0.5) is 17.2 Å². The van der Waals surface area contributed by atoms with Gasteiger partial charge in [-0.3, -0.25) is 4.72 Å². The van der Waals surface area contributed by atoms with Crippen LogP contribution in [-0.2, 0) is 10.0 Å². The topological polar surface area (TPSA) is 94.9 Å². The number of benzene rings is 1. The highest BCUT2D eigenvalue weighted by atomic mass is 32.2. The van der Waals surface area contributed by atoms with Crippen LogP contribution in [0.15, 0.2) is 42.6 Å². The molecule has 2 rings (SSSR count). The minimum atomic E-state index is -3.29. The van der Waals surface area contributed by atoms with Crippen LogP contribution >= 0.6 is 0 Å². The number of rotatable bonds is 7. The molecule has 1 aromatic heterocycles. The number of hydrogen-bond donors (Lipinski definition) is 2. The zero-order chi connectivity index (χ0) is 16.7. The lowest BCUT2D eigenvalue weighted by Crippen LogP contribution is -2.16. The Morgan fingerprint density at radius 3 is 2.39 bits per heavy atom. The standard InChI is InChI=1S/C16H18N4O2S/c1-2-3-10-23(21,22)20-15-7-5-14(6-8-15)19-16-9-4-13(11-17)12-18-16/h4-9,12,20H,2-3,10H2,1H3,(H,18,19). The fourth-order valence-corrected chi connectivity index (χ4v) is 3.13. The number of anilines is 3. The largest absolute Gasteiger partial charge is 0.340 e. The first-order valence-corrected chi connectivity index (χ1v) is 8.91. The highest BCUT2D eigenvalue weighted by Crippen LogP contribution is 2.18. The number of nitriles is 1. The molecule has 0 saturated carbocycles. The molecule has 0 saturated heterocycles. The number of hydrogen-bond acceptors (Lipinski definition) is 5. The monoisotopic (exact) mass is 330 g/mol. The second kappa shape index (κ2) is 7.61. The van der Waals surface area contributed by atoms with Crippen molar-refractivity contribution >= 4 is 27.2 Å². The highest BCUT2D eigenvalue weighted by molar-refractivity contribution is 7.92. The molecule has 0 aliphatic carbocycles. The van der Waals surface area contributed by atoms with E-state index in [1.54, 1.807) is 36.4 Å². The molecule has 0 atom stereocenters. The van der Waals surface area contributed by atoms with Gasteiger partial charge in [0, 0.05) is 17.6 Å². The zero-order valence-corrected chi connectivity index (χ0v) is 13.6. The van der Waals surface area contributed by atoms with E-state index in [0.29, 0.717) is 23.5 Å². The first kappa shape index (κ1) is 16.8. The summed E-state index contributed by atoms with van der Waals surface area (Å²) >= 11 is 0. The Balaban J connectivity index is 2.00. The van der Waals surface area contributed by atoms with Gasteiger partial charge in [0.15, 0.2) is 0 Å². The van der Waals surface area contributed by atoms with E-state index >= 15 is 0 Å². The van der Waals surface area contributed by atoms with E-state index in [1.807, 2.05) is 13.0 Å². The van der Waals surface area contributed by atoms with Gasteiger partial charge in [0.05, 0.1) is 11.3 Å². The predicted octanol–water partition coefficient (Wildman–Crippen LogP) is 3.24. The number of sulfonamides is 1. The molecule has 0 spiro atoms. The summed E-state index contributed by atoms with van der Waals surface area (Å²) in [7, 11) is -3.29. The van der Waals surface area contributed by atoms with Crippen molar-refractivity contribution in [2.75, 3.05) is 15.8 Å². The van der Waals surface area contributed by atoms with Crippen molar-refractivity contribution in [2.24, 2.45) is 0 Å². The summed E-state index contributed by atoms with van der Waals surface area (Å²) in [5.74, 6) is 0.735. The van der Waals surface area contributed by atoms with Crippen LogP contribution in [0.5, 0.6) is 0 Å². The number of pyridine rings is 1. The van der Waals surface area contributed by atoms with E-state index < -0.39 is 10.0 Å². The Bertz CT molecular complexity index is 778. The van der Waals surface area contributed by atoms with Crippen molar-refractivity contribution < 1.29 is 8.42 Å². The molecule has 6 nitrogen and oxygen atoms in total. The van der Waals surface area contributed by atoms with E-state index in [4.69, 9.17) is 5.26 Å². The lowest BCUT2D eigenvalue weighted by molar-refractivity contribution is 0.598. The summed E-state index contributed by atoms with van der Waals surface area (Å²) < 4.78 is 26.2. The smallest absolute Gasteiger partial charge is 0.232 e. The van der Waals surface area contributed by atoms with Crippen LogP contribution in [0, 0.1) is 11.3 Å². The number of nitrogens with one attached hydrogen (secondary N) is 2. The van der Waals surface area contributed by atoms with Gasteiger partial charge in [-0.1, -0.05) is 13.3 Å². The molecule has 1 aromatic carbocycles. The van der Waals surface area contributed by atoms with Crippen LogP contribution in [0.2, 0.25) is 0 Å². The van der Waals surface area contributed by atoms with Gasteiger partial charge in [-0.15, -0.1) is 0 Å². The maximum atomic E-state index is 11.8.